The maximum atomic E-state index is 12.1. The molecule has 130 valence electrons. The number of rotatable bonds is 2. The summed E-state index contributed by atoms with van der Waals surface area (Å²) in [5.41, 5.74) is 0.908. The summed E-state index contributed by atoms with van der Waals surface area (Å²) in [6.07, 6.45) is 2.97. The van der Waals surface area contributed by atoms with Gasteiger partial charge in [0.05, 0.1) is 23.4 Å². The van der Waals surface area contributed by atoms with Crippen molar-refractivity contribution < 1.29 is 24.2 Å². The van der Waals surface area contributed by atoms with Crippen molar-refractivity contribution >= 4 is 11.9 Å². The molecule has 1 N–H and O–H groups in total. The summed E-state index contributed by atoms with van der Waals surface area (Å²) in [6, 6.07) is 0. The second-order valence-electron chi connectivity index (χ2n) is 7.38. The third-order valence-corrected chi connectivity index (χ3v) is 5.51. The van der Waals surface area contributed by atoms with E-state index in [1.54, 1.807) is 19.9 Å². The Balaban J connectivity index is 2.06. The van der Waals surface area contributed by atoms with Crippen LogP contribution in [0, 0.1) is 17.8 Å². The molecule has 5 heteroatoms. The van der Waals surface area contributed by atoms with E-state index in [9.17, 15) is 14.7 Å². The van der Waals surface area contributed by atoms with Crippen LogP contribution in [0.1, 0.15) is 34.1 Å². The van der Waals surface area contributed by atoms with Crippen LogP contribution in [0.15, 0.2) is 35.5 Å². The van der Waals surface area contributed by atoms with Gasteiger partial charge in [0.15, 0.2) is 0 Å². The molecule has 3 aliphatic rings. The Morgan fingerprint density at radius 1 is 1.46 bits per heavy atom. The Morgan fingerprint density at radius 2 is 2.12 bits per heavy atom. The lowest BCUT2D eigenvalue weighted by molar-refractivity contribution is -0.154. The molecule has 1 aliphatic heterocycles. The molecular weight excluding hydrogens is 308 g/mol. The Kier molecular flexibility index (Phi) is 3.95. The van der Waals surface area contributed by atoms with E-state index < -0.39 is 29.7 Å². The molecule has 0 radical (unpaired) electrons. The lowest BCUT2D eigenvalue weighted by Crippen LogP contribution is -2.44. The molecule has 5 atom stereocenters. The van der Waals surface area contributed by atoms with Gasteiger partial charge in [0.1, 0.15) is 12.2 Å². The minimum Gasteiger partial charge on any atom is -0.457 e. The Morgan fingerprint density at radius 3 is 2.75 bits per heavy atom. The van der Waals surface area contributed by atoms with Gasteiger partial charge in [-0.25, -0.2) is 4.79 Å². The van der Waals surface area contributed by atoms with Crippen LogP contribution in [0.25, 0.3) is 0 Å². The predicted octanol–water partition coefficient (Wildman–Crippen LogP) is 2.31. The number of fused-ring (bicyclic) bond motifs is 3. The number of hydrogen-bond acceptors (Lipinski definition) is 5. The van der Waals surface area contributed by atoms with Gasteiger partial charge in [-0.1, -0.05) is 32.1 Å². The number of aliphatic hydroxyl groups is 1. The molecule has 0 aromatic carbocycles. The summed E-state index contributed by atoms with van der Waals surface area (Å²) >= 11 is 0. The molecule has 0 bridgehead atoms. The average Bonchev–Trinajstić information content (AvgIpc) is 2.93. The minimum atomic E-state index is -1.11. The van der Waals surface area contributed by atoms with Gasteiger partial charge in [-0.15, -0.1) is 0 Å². The molecule has 0 spiro atoms. The van der Waals surface area contributed by atoms with Gasteiger partial charge in [-0.05, 0) is 31.9 Å². The highest BCUT2D eigenvalue weighted by atomic mass is 16.6. The topological polar surface area (TPSA) is 72.8 Å². The Bertz CT molecular complexity index is 671. The second-order valence-corrected chi connectivity index (χ2v) is 7.38. The zero-order chi connectivity index (χ0) is 17.8. The maximum Gasteiger partial charge on any atom is 0.334 e. The first-order chi connectivity index (χ1) is 11.2. The smallest absolute Gasteiger partial charge is 0.334 e. The lowest BCUT2D eigenvalue weighted by Gasteiger charge is -2.35. The van der Waals surface area contributed by atoms with Crippen LogP contribution in [0.2, 0.25) is 0 Å². The van der Waals surface area contributed by atoms with Gasteiger partial charge in [0.25, 0.3) is 0 Å². The number of esters is 2. The molecule has 0 amide bonds. The molecule has 5 nitrogen and oxygen atoms in total. The van der Waals surface area contributed by atoms with Crippen LogP contribution in [0.5, 0.6) is 0 Å². The quantitative estimate of drug-likeness (QED) is 0.477. The molecule has 0 saturated carbocycles. The summed E-state index contributed by atoms with van der Waals surface area (Å²) in [5, 5.41) is 11.2. The monoisotopic (exact) mass is 332 g/mol. The van der Waals surface area contributed by atoms with Gasteiger partial charge < -0.3 is 14.6 Å². The Labute approximate surface area is 142 Å². The SMILES string of the molecule is C=C1C(=O)O[C@H]2[C@H]1[C@H](OC(=O)C(C)C)C=C(C)[C@]1(O)CC=C(C)[C@H]21. The zero-order valence-corrected chi connectivity index (χ0v) is 14.5. The van der Waals surface area contributed by atoms with E-state index in [4.69, 9.17) is 9.47 Å². The Hall–Kier alpha value is -1.88. The van der Waals surface area contributed by atoms with Gasteiger partial charge >= 0.3 is 11.9 Å². The number of carbonyl (C=O) groups is 2. The van der Waals surface area contributed by atoms with E-state index >= 15 is 0 Å². The van der Waals surface area contributed by atoms with Crippen molar-refractivity contribution in [2.75, 3.05) is 0 Å². The number of ether oxygens (including phenoxy) is 2. The minimum absolute atomic E-state index is 0.282. The van der Waals surface area contributed by atoms with E-state index in [2.05, 4.69) is 6.58 Å². The van der Waals surface area contributed by atoms with Gasteiger partial charge in [-0.3, -0.25) is 4.79 Å². The summed E-state index contributed by atoms with van der Waals surface area (Å²) in [6.45, 7) is 11.1. The molecule has 1 heterocycles. The summed E-state index contributed by atoms with van der Waals surface area (Å²) < 4.78 is 11.2. The van der Waals surface area contributed by atoms with Crippen LogP contribution in [-0.4, -0.2) is 34.9 Å². The molecule has 24 heavy (non-hydrogen) atoms. The van der Waals surface area contributed by atoms with E-state index in [-0.39, 0.29) is 17.8 Å². The van der Waals surface area contributed by atoms with E-state index in [1.807, 2.05) is 19.9 Å². The zero-order valence-electron chi connectivity index (χ0n) is 14.5. The van der Waals surface area contributed by atoms with Gasteiger partial charge in [0.2, 0.25) is 0 Å². The van der Waals surface area contributed by atoms with Crippen molar-refractivity contribution in [3.05, 3.63) is 35.5 Å². The highest BCUT2D eigenvalue weighted by Gasteiger charge is 2.58. The average molecular weight is 332 g/mol. The summed E-state index contributed by atoms with van der Waals surface area (Å²) in [7, 11) is 0. The summed E-state index contributed by atoms with van der Waals surface area (Å²) in [5.74, 6) is -1.93. The van der Waals surface area contributed by atoms with E-state index in [0.29, 0.717) is 12.0 Å². The molecular formula is C19H24O5. The number of carbonyl (C=O) groups excluding carboxylic acids is 2. The van der Waals surface area contributed by atoms with Crippen LogP contribution >= 0.6 is 0 Å². The van der Waals surface area contributed by atoms with Crippen LogP contribution in [0.4, 0.5) is 0 Å². The third-order valence-electron chi connectivity index (χ3n) is 5.51. The van der Waals surface area contributed by atoms with Gasteiger partial charge in [0, 0.05) is 5.57 Å². The highest BCUT2D eigenvalue weighted by Crippen LogP contribution is 2.51. The fourth-order valence-electron chi connectivity index (χ4n) is 4.02. The third kappa shape index (κ3) is 2.34. The molecule has 0 aromatic rings. The van der Waals surface area contributed by atoms with Crippen LogP contribution < -0.4 is 0 Å². The normalized spacial score (nSPS) is 38.1. The first-order valence-electron chi connectivity index (χ1n) is 8.35. The van der Waals surface area contributed by atoms with Crippen molar-refractivity contribution in [2.45, 2.75) is 51.9 Å². The van der Waals surface area contributed by atoms with E-state index in [0.717, 1.165) is 11.1 Å². The molecule has 1 saturated heterocycles. The maximum absolute atomic E-state index is 12.1. The molecule has 1 fully saturated rings. The van der Waals surface area contributed by atoms with Crippen molar-refractivity contribution in [1.29, 1.82) is 0 Å². The molecule has 3 rings (SSSR count). The first kappa shape index (κ1) is 17.0. The van der Waals surface area contributed by atoms with Crippen molar-refractivity contribution in [1.82, 2.24) is 0 Å². The van der Waals surface area contributed by atoms with Crippen LogP contribution in [0.3, 0.4) is 0 Å². The van der Waals surface area contributed by atoms with Crippen molar-refractivity contribution in [3.8, 4) is 0 Å². The van der Waals surface area contributed by atoms with Crippen molar-refractivity contribution in [3.63, 3.8) is 0 Å². The lowest BCUT2D eigenvalue weighted by atomic mass is 9.76. The highest BCUT2D eigenvalue weighted by molar-refractivity contribution is 5.91. The molecule has 0 unspecified atom stereocenters. The van der Waals surface area contributed by atoms with Gasteiger partial charge in [-0.2, -0.15) is 0 Å². The predicted molar refractivity (Wildman–Crippen MR) is 87.8 cm³/mol. The fraction of sp³-hybridized carbons (Fsp3) is 0.579. The fourth-order valence-corrected chi connectivity index (χ4v) is 4.02. The second kappa shape index (κ2) is 5.59. The van der Waals surface area contributed by atoms with Crippen LogP contribution in [-0.2, 0) is 19.1 Å². The standard InChI is InChI=1S/C19H24O5/c1-9(2)17(20)23-13-8-11(4)19(22)7-6-10(3)15(19)16-14(13)12(5)18(21)24-16/h6,8-9,13-16,22H,5,7H2,1-4H3/t13-,14-,15-,16+,19-/m1/s1. The summed E-state index contributed by atoms with van der Waals surface area (Å²) in [4.78, 5) is 24.2. The van der Waals surface area contributed by atoms with Crippen molar-refractivity contribution in [2.24, 2.45) is 17.8 Å². The van der Waals surface area contributed by atoms with E-state index in [1.165, 1.54) is 0 Å². The molecule has 2 aliphatic carbocycles. The molecule has 0 aromatic heterocycles. The largest absolute Gasteiger partial charge is 0.457 e. The number of hydrogen-bond donors (Lipinski definition) is 1. The first-order valence-corrected chi connectivity index (χ1v) is 8.35.